The van der Waals surface area contributed by atoms with Crippen molar-refractivity contribution in [3.63, 3.8) is 0 Å². The largest absolute Gasteiger partial charge is 0.220 e. The van der Waals surface area contributed by atoms with E-state index in [-0.39, 0.29) is 16.3 Å². The molecule has 0 aromatic carbocycles. The molecule has 2 aliphatic rings. The van der Waals surface area contributed by atoms with Crippen LogP contribution in [0.3, 0.4) is 0 Å². The first-order valence-electron chi connectivity index (χ1n) is 5.35. The van der Waals surface area contributed by atoms with Gasteiger partial charge < -0.3 is 0 Å². The van der Waals surface area contributed by atoms with Gasteiger partial charge in [-0.3, -0.25) is 0 Å². The number of sulfonamides is 1. The molecule has 88 valence electrons. The van der Waals surface area contributed by atoms with Gasteiger partial charge in [0.25, 0.3) is 0 Å². The first-order valence-corrected chi connectivity index (χ1v) is 8.31. The number of hydrogen-bond donors (Lipinski definition) is 0. The van der Waals surface area contributed by atoms with Gasteiger partial charge in [-0.15, -0.1) is 0 Å². The van der Waals surface area contributed by atoms with Gasteiger partial charge in [-0.2, -0.15) is 4.31 Å². The van der Waals surface area contributed by atoms with Gasteiger partial charge in [0.05, 0.1) is 4.75 Å². The summed E-state index contributed by atoms with van der Waals surface area (Å²) in [4.78, 5) is 0. The zero-order chi connectivity index (χ0) is 11.5. The molecule has 1 saturated carbocycles. The molecular formula is C10H18INO2S. The third-order valence-electron chi connectivity index (χ3n) is 3.39. The Balaban J connectivity index is 2.43. The lowest BCUT2D eigenvalue weighted by molar-refractivity contribution is 0.219. The number of halogens is 1. The lowest BCUT2D eigenvalue weighted by Gasteiger charge is -2.34. The summed E-state index contributed by atoms with van der Waals surface area (Å²) in [5, 5.41) is 0. The van der Waals surface area contributed by atoms with E-state index < -0.39 is 10.0 Å². The van der Waals surface area contributed by atoms with Crippen molar-refractivity contribution in [1.29, 1.82) is 0 Å². The van der Waals surface area contributed by atoms with Crippen molar-refractivity contribution < 1.29 is 8.42 Å². The van der Waals surface area contributed by atoms with Crippen LogP contribution >= 0.6 is 22.6 Å². The van der Waals surface area contributed by atoms with Crippen LogP contribution < -0.4 is 0 Å². The minimum Gasteiger partial charge on any atom is -0.212 e. The van der Waals surface area contributed by atoms with Crippen LogP contribution in [0.5, 0.6) is 0 Å². The maximum absolute atomic E-state index is 12.4. The van der Waals surface area contributed by atoms with Crippen LogP contribution in [0.15, 0.2) is 0 Å². The molecule has 1 aliphatic carbocycles. The van der Waals surface area contributed by atoms with Gasteiger partial charge in [0.1, 0.15) is 0 Å². The first kappa shape index (κ1) is 12.1. The molecular weight excluding hydrogens is 325 g/mol. The van der Waals surface area contributed by atoms with Crippen LogP contribution in [0, 0.1) is 0 Å². The van der Waals surface area contributed by atoms with Crippen molar-refractivity contribution in [3.05, 3.63) is 0 Å². The van der Waals surface area contributed by atoms with Crippen molar-refractivity contribution >= 4 is 32.6 Å². The van der Waals surface area contributed by atoms with Crippen molar-refractivity contribution in [3.8, 4) is 0 Å². The van der Waals surface area contributed by atoms with Crippen LogP contribution in [0.4, 0.5) is 0 Å². The van der Waals surface area contributed by atoms with Crippen LogP contribution in [-0.2, 0) is 10.0 Å². The van der Waals surface area contributed by atoms with Gasteiger partial charge in [-0.25, -0.2) is 8.42 Å². The molecule has 0 bridgehead atoms. The maximum Gasteiger partial charge on any atom is 0.220 e. The molecule has 0 aromatic rings. The highest BCUT2D eigenvalue weighted by Crippen LogP contribution is 2.56. The Morgan fingerprint density at radius 1 is 1.40 bits per heavy atom. The zero-order valence-electron chi connectivity index (χ0n) is 9.46. The van der Waals surface area contributed by atoms with Crippen LogP contribution in [0.1, 0.15) is 40.0 Å². The molecule has 0 radical (unpaired) electrons. The molecule has 2 rings (SSSR count). The Morgan fingerprint density at radius 2 is 1.93 bits per heavy atom. The van der Waals surface area contributed by atoms with Crippen molar-refractivity contribution in [2.75, 3.05) is 4.43 Å². The predicted molar refractivity (Wildman–Crippen MR) is 69.8 cm³/mol. The summed E-state index contributed by atoms with van der Waals surface area (Å²) in [5.74, 6) is 0. The topological polar surface area (TPSA) is 37.4 Å². The molecule has 1 heterocycles. The zero-order valence-corrected chi connectivity index (χ0v) is 12.4. The SMILES string of the molecule is CC(C)(C)N1C(CI)CC2(CC2)S1(=O)=O. The fourth-order valence-electron chi connectivity index (χ4n) is 2.65. The van der Waals surface area contributed by atoms with Gasteiger partial charge in [0, 0.05) is 16.0 Å². The molecule has 5 heteroatoms. The van der Waals surface area contributed by atoms with E-state index in [4.69, 9.17) is 0 Å². The second kappa shape index (κ2) is 3.32. The van der Waals surface area contributed by atoms with Crippen molar-refractivity contribution in [2.24, 2.45) is 0 Å². The Labute approximate surface area is 106 Å². The highest BCUT2D eigenvalue weighted by atomic mass is 127. The lowest BCUT2D eigenvalue weighted by atomic mass is 10.1. The van der Waals surface area contributed by atoms with Gasteiger partial charge in [0.15, 0.2) is 0 Å². The quantitative estimate of drug-likeness (QED) is 0.541. The molecule has 3 nitrogen and oxygen atoms in total. The van der Waals surface area contributed by atoms with Gasteiger partial charge in [0.2, 0.25) is 10.0 Å². The fourth-order valence-corrected chi connectivity index (χ4v) is 6.32. The predicted octanol–water partition coefficient (Wildman–Crippen LogP) is 2.16. The second-order valence-electron chi connectivity index (χ2n) is 5.67. The third kappa shape index (κ3) is 1.65. The van der Waals surface area contributed by atoms with E-state index in [1.54, 1.807) is 4.31 Å². The minimum atomic E-state index is -3.04. The maximum atomic E-state index is 12.4. The van der Waals surface area contributed by atoms with Crippen molar-refractivity contribution in [1.82, 2.24) is 4.31 Å². The van der Waals surface area contributed by atoms with Gasteiger partial charge in [-0.1, -0.05) is 22.6 Å². The van der Waals surface area contributed by atoms with E-state index in [9.17, 15) is 8.42 Å². The number of hydrogen-bond acceptors (Lipinski definition) is 2. The van der Waals surface area contributed by atoms with Gasteiger partial charge in [-0.05, 0) is 40.0 Å². The van der Waals surface area contributed by atoms with E-state index in [1.165, 1.54) is 0 Å². The highest BCUT2D eigenvalue weighted by Gasteiger charge is 2.65. The average Bonchev–Trinajstić information content (AvgIpc) is 2.76. The normalized spacial score (nSPS) is 33.5. The summed E-state index contributed by atoms with van der Waals surface area (Å²) in [5.41, 5.74) is -0.277. The summed E-state index contributed by atoms with van der Waals surface area (Å²) in [6, 6.07) is 0.207. The molecule has 0 N–H and O–H groups in total. The van der Waals surface area contributed by atoms with Crippen LogP contribution in [0.2, 0.25) is 0 Å². The molecule has 2 fully saturated rings. The summed E-state index contributed by atoms with van der Waals surface area (Å²) in [7, 11) is -3.04. The molecule has 15 heavy (non-hydrogen) atoms. The third-order valence-corrected chi connectivity index (χ3v) is 7.44. The van der Waals surface area contributed by atoms with Gasteiger partial charge >= 0.3 is 0 Å². The molecule has 0 amide bonds. The molecule has 1 spiro atoms. The van der Waals surface area contributed by atoms with E-state index >= 15 is 0 Å². The molecule has 1 atom stereocenters. The Hall–Kier alpha value is 0.640. The van der Waals surface area contributed by atoms with E-state index in [2.05, 4.69) is 22.6 Å². The monoisotopic (exact) mass is 343 g/mol. The summed E-state index contributed by atoms with van der Waals surface area (Å²) >= 11 is 2.30. The Morgan fingerprint density at radius 3 is 2.20 bits per heavy atom. The summed E-state index contributed by atoms with van der Waals surface area (Å²) < 4.78 is 27.1. The summed E-state index contributed by atoms with van der Waals surface area (Å²) in [6.45, 7) is 5.97. The van der Waals surface area contributed by atoms with E-state index in [0.717, 1.165) is 23.7 Å². The van der Waals surface area contributed by atoms with Crippen LogP contribution in [-0.4, -0.2) is 33.5 Å². The standard InChI is InChI=1S/C10H18INO2S/c1-9(2,3)12-8(7-11)6-10(4-5-10)15(12,13)14/h8H,4-7H2,1-3H3. The lowest BCUT2D eigenvalue weighted by Crippen LogP contribution is -2.48. The van der Waals surface area contributed by atoms with E-state index in [0.29, 0.717) is 0 Å². The second-order valence-corrected chi connectivity index (χ2v) is 8.76. The highest BCUT2D eigenvalue weighted by molar-refractivity contribution is 14.1. The molecule has 1 aliphatic heterocycles. The van der Waals surface area contributed by atoms with Crippen LogP contribution in [0.25, 0.3) is 0 Å². The Bertz CT molecular complexity index is 367. The Kier molecular flexibility index (Phi) is 2.68. The first-order chi connectivity index (χ1) is 6.74. The average molecular weight is 343 g/mol. The minimum absolute atomic E-state index is 0.207. The number of nitrogens with zero attached hydrogens (tertiary/aromatic N) is 1. The molecule has 1 unspecified atom stereocenters. The smallest absolute Gasteiger partial charge is 0.212 e. The summed E-state index contributed by atoms with van der Waals surface area (Å²) in [6.07, 6.45) is 2.58. The molecule has 1 saturated heterocycles. The molecule has 0 aromatic heterocycles. The number of alkyl halides is 1. The van der Waals surface area contributed by atoms with Crippen molar-refractivity contribution in [2.45, 2.75) is 56.4 Å². The van der Waals surface area contributed by atoms with E-state index in [1.807, 2.05) is 20.8 Å². The fraction of sp³-hybridized carbons (Fsp3) is 1.00. The number of rotatable bonds is 1.